The van der Waals surface area contributed by atoms with Crippen LogP contribution in [0.25, 0.3) is 0 Å². The Labute approximate surface area is 105 Å². The second-order valence-electron chi connectivity index (χ2n) is 3.32. The monoisotopic (exact) mass is 251 g/mol. The van der Waals surface area contributed by atoms with Gasteiger partial charge in [-0.2, -0.15) is 0 Å². The molecule has 2 aromatic carbocycles. The smallest absolute Gasteiger partial charge is 0.146 e. The number of hydrogen-bond donors (Lipinski definition) is 0. The quantitative estimate of drug-likeness (QED) is 0.733. The van der Waals surface area contributed by atoms with E-state index in [1.807, 2.05) is 24.3 Å². The minimum absolute atomic E-state index is 0.488. The summed E-state index contributed by atoms with van der Waals surface area (Å²) in [4.78, 5) is 0. The van der Waals surface area contributed by atoms with Crippen LogP contribution >= 0.6 is 23.2 Å². The van der Waals surface area contributed by atoms with Gasteiger partial charge in [-0.05, 0) is 42.8 Å². The molecular formula is C13H9Cl2O. The molecule has 0 aliphatic carbocycles. The van der Waals surface area contributed by atoms with E-state index >= 15 is 0 Å². The van der Waals surface area contributed by atoms with Crippen molar-refractivity contribution in [3.8, 4) is 11.5 Å². The fraction of sp³-hybridized carbons (Fsp3) is 0. The maximum absolute atomic E-state index is 5.99. The van der Waals surface area contributed by atoms with Crippen molar-refractivity contribution in [2.24, 2.45) is 0 Å². The highest BCUT2D eigenvalue weighted by atomic mass is 35.5. The molecule has 3 heteroatoms. The molecule has 81 valence electrons. The summed E-state index contributed by atoms with van der Waals surface area (Å²) in [5.74, 6) is 1.29. The summed E-state index contributed by atoms with van der Waals surface area (Å²) in [5.41, 5.74) is 0.891. The summed E-state index contributed by atoms with van der Waals surface area (Å²) in [6.45, 7) is 3.83. The lowest BCUT2D eigenvalue weighted by molar-refractivity contribution is 0.483. The predicted molar refractivity (Wildman–Crippen MR) is 67.4 cm³/mol. The Morgan fingerprint density at radius 3 is 2.50 bits per heavy atom. The van der Waals surface area contributed by atoms with Gasteiger partial charge in [-0.3, -0.25) is 0 Å². The molecule has 0 saturated heterocycles. The minimum atomic E-state index is 0.488. The van der Waals surface area contributed by atoms with Crippen molar-refractivity contribution < 1.29 is 4.74 Å². The molecule has 0 unspecified atom stereocenters. The van der Waals surface area contributed by atoms with Crippen molar-refractivity contribution in [1.82, 2.24) is 0 Å². The normalized spacial score (nSPS) is 10.2. The molecule has 0 aliphatic rings. The van der Waals surface area contributed by atoms with Crippen molar-refractivity contribution in [3.05, 3.63) is 65.0 Å². The van der Waals surface area contributed by atoms with Gasteiger partial charge in [0.05, 0.1) is 5.02 Å². The van der Waals surface area contributed by atoms with Crippen molar-refractivity contribution in [2.45, 2.75) is 0 Å². The number of hydrogen-bond acceptors (Lipinski definition) is 1. The minimum Gasteiger partial charge on any atom is -0.456 e. The van der Waals surface area contributed by atoms with E-state index < -0.39 is 0 Å². The highest BCUT2D eigenvalue weighted by molar-refractivity contribution is 6.35. The number of halogens is 2. The van der Waals surface area contributed by atoms with E-state index in [0.717, 1.165) is 5.56 Å². The largest absolute Gasteiger partial charge is 0.456 e. The lowest BCUT2D eigenvalue weighted by atomic mass is 10.2. The average Bonchev–Trinajstić information content (AvgIpc) is 2.22. The molecule has 0 saturated carbocycles. The maximum Gasteiger partial charge on any atom is 0.146 e. The van der Waals surface area contributed by atoms with Crippen LogP contribution in [0.4, 0.5) is 0 Å². The summed E-state index contributed by atoms with van der Waals surface area (Å²) in [6.07, 6.45) is 0. The molecule has 0 heterocycles. The van der Waals surface area contributed by atoms with Crippen LogP contribution in [-0.2, 0) is 0 Å². The van der Waals surface area contributed by atoms with Gasteiger partial charge in [-0.15, -0.1) is 0 Å². The Hall–Kier alpha value is -1.18. The molecule has 0 bridgehead atoms. The summed E-state index contributed by atoms with van der Waals surface area (Å²) >= 11 is 11.8. The van der Waals surface area contributed by atoms with E-state index in [-0.39, 0.29) is 0 Å². The number of ether oxygens (including phenoxy) is 1. The van der Waals surface area contributed by atoms with Gasteiger partial charge in [0, 0.05) is 5.02 Å². The van der Waals surface area contributed by atoms with E-state index in [1.165, 1.54) is 0 Å². The Balaban J connectivity index is 2.27. The summed E-state index contributed by atoms with van der Waals surface area (Å²) in [6, 6.07) is 12.6. The lowest BCUT2D eigenvalue weighted by Gasteiger charge is -2.08. The number of benzene rings is 2. The van der Waals surface area contributed by atoms with E-state index in [4.69, 9.17) is 27.9 Å². The molecule has 0 spiro atoms. The zero-order valence-corrected chi connectivity index (χ0v) is 9.92. The Bertz CT molecular complexity index is 509. The van der Waals surface area contributed by atoms with E-state index in [1.54, 1.807) is 18.2 Å². The first-order valence-electron chi connectivity index (χ1n) is 4.70. The molecule has 0 fully saturated rings. The van der Waals surface area contributed by atoms with Crippen LogP contribution in [-0.4, -0.2) is 0 Å². The van der Waals surface area contributed by atoms with E-state index in [9.17, 15) is 0 Å². The average molecular weight is 252 g/mol. The van der Waals surface area contributed by atoms with Crippen LogP contribution in [0.2, 0.25) is 10.0 Å². The van der Waals surface area contributed by atoms with Crippen LogP contribution in [0.1, 0.15) is 5.56 Å². The van der Waals surface area contributed by atoms with E-state index in [0.29, 0.717) is 21.5 Å². The van der Waals surface area contributed by atoms with Crippen molar-refractivity contribution in [2.75, 3.05) is 0 Å². The first-order valence-corrected chi connectivity index (χ1v) is 5.46. The molecule has 2 rings (SSSR count). The summed E-state index contributed by atoms with van der Waals surface area (Å²) in [5, 5.41) is 1.07. The lowest BCUT2D eigenvalue weighted by Crippen LogP contribution is -1.85. The third-order valence-corrected chi connectivity index (χ3v) is 2.55. The van der Waals surface area contributed by atoms with Crippen LogP contribution in [0.15, 0.2) is 42.5 Å². The molecular weight excluding hydrogens is 243 g/mol. The molecule has 0 aliphatic heterocycles. The van der Waals surface area contributed by atoms with Gasteiger partial charge in [0.15, 0.2) is 0 Å². The molecule has 2 aromatic rings. The van der Waals surface area contributed by atoms with Crippen LogP contribution in [0.5, 0.6) is 11.5 Å². The Morgan fingerprint density at radius 1 is 1.00 bits per heavy atom. The highest BCUT2D eigenvalue weighted by Crippen LogP contribution is 2.31. The van der Waals surface area contributed by atoms with Gasteiger partial charge in [0.2, 0.25) is 0 Å². The fourth-order valence-corrected chi connectivity index (χ4v) is 1.74. The zero-order chi connectivity index (χ0) is 11.5. The van der Waals surface area contributed by atoms with Crippen molar-refractivity contribution >= 4 is 23.2 Å². The van der Waals surface area contributed by atoms with Gasteiger partial charge < -0.3 is 4.74 Å². The van der Waals surface area contributed by atoms with Gasteiger partial charge in [0.1, 0.15) is 11.5 Å². The number of rotatable bonds is 2. The topological polar surface area (TPSA) is 9.23 Å². The fourth-order valence-electron chi connectivity index (χ4n) is 1.29. The second-order valence-corrected chi connectivity index (χ2v) is 4.17. The van der Waals surface area contributed by atoms with Crippen LogP contribution in [0.3, 0.4) is 0 Å². The van der Waals surface area contributed by atoms with Gasteiger partial charge in [-0.1, -0.05) is 35.3 Å². The first-order chi connectivity index (χ1) is 7.65. The van der Waals surface area contributed by atoms with Crippen molar-refractivity contribution in [3.63, 3.8) is 0 Å². The second kappa shape index (κ2) is 4.77. The Morgan fingerprint density at radius 2 is 1.81 bits per heavy atom. The molecule has 0 atom stereocenters. The molecule has 0 aromatic heterocycles. The zero-order valence-electron chi connectivity index (χ0n) is 8.41. The predicted octanol–water partition coefficient (Wildman–Crippen LogP) is 4.97. The van der Waals surface area contributed by atoms with Crippen LogP contribution in [0, 0.1) is 6.92 Å². The molecule has 1 nitrogen and oxygen atoms in total. The SMILES string of the molecule is [CH2]c1cccc(Oc2ccc(Cl)cc2Cl)c1. The Kier molecular flexibility index (Phi) is 3.37. The van der Waals surface area contributed by atoms with Crippen LogP contribution < -0.4 is 4.74 Å². The van der Waals surface area contributed by atoms with E-state index in [2.05, 4.69) is 6.92 Å². The summed E-state index contributed by atoms with van der Waals surface area (Å²) in [7, 11) is 0. The first kappa shape index (κ1) is 11.3. The van der Waals surface area contributed by atoms with Gasteiger partial charge in [-0.25, -0.2) is 0 Å². The maximum atomic E-state index is 5.99. The third kappa shape index (κ3) is 2.69. The molecule has 1 radical (unpaired) electrons. The molecule has 0 amide bonds. The summed E-state index contributed by atoms with van der Waals surface area (Å²) < 4.78 is 5.61. The highest BCUT2D eigenvalue weighted by Gasteiger charge is 2.03. The molecule has 16 heavy (non-hydrogen) atoms. The van der Waals surface area contributed by atoms with Crippen molar-refractivity contribution in [1.29, 1.82) is 0 Å². The third-order valence-electron chi connectivity index (χ3n) is 2.02. The van der Waals surface area contributed by atoms with Gasteiger partial charge >= 0.3 is 0 Å². The molecule has 0 N–H and O–H groups in total. The van der Waals surface area contributed by atoms with Gasteiger partial charge in [0.25, 0.3) is 0 Å². The standard InChI is InChI=1S/C13H9Cl2O/c1-9-3-2-4-11(7-9)16-13-6-5-10(14)8-12(13)15/h2-8H,1H2.